The summed E-state index contributed by atoms with van der Waals surface area (Å²) in [5, 5.41) is 0. The van der Waals surface area contributed by atoms with Crippen LogP contribution in [-0.4, -0.2) is 21.7 Å². The zero-order valence-electron chi connectivity index (χ0n) is 6.72. The summed E-state index contributed by atoms with van der Waals surface area (Å²) in [5.74, 6) is 0. The van der Waals surface area contributed by atoms with Crippen molar-refractivity contribution in [2.75, 3.05) is 0 Å². The van der Waals surface area contributed by atoms with Crippen molar-refractivity contribution in [1.29, 1.82) is 0 Å². The van der Waals surface area contributed by atoms with E-state index in [0.29, 0.717) is 0 Å². The zero-order chi connectivity index (χ0) is 5.82. The van der Waals surface area contributed by atoms with Crippen LogP contribution in [0.3, 0.4) is 0 Å². The van der Waals surface area contributed by atoms with Crippen LogP contribution in [0.1, 0.15) is 5.56 Å². The Kier molecular flexibility index (Phi) is 43.5. The first-order valence-electron chi connectivity index (χ1n) is 2.76. The first-order chi connectivity index (χ1) is 3.93. The predicted molar refractivity (Wildman–Crippen MR) is 35.9 cm³/mol. The third-order valence-electron chi connectivity index (χ3n) is 1.13. The van der Waals surface area contributed by atoms with Gasteiger partial charge >= 0.3 is 79.5 Å². The average Bonchev–Trinajstić information content (AvgIpc) is 1.90. The topological polar surface area (TPSA) is 0 Å². The van der Waals surface area contributed by atoms with Gasteiger partial charge in [-0.25, -0.2) is 0 Å². The molecule has 6 heteroatoms. The molecule has 0 saturated heterocycles. The summed E-state index contributed by atoms with van der Waals surface area (Å²) in [5.41, 5.74) is 1.42. The van der Waals surface area contributed by atoms with Crippen LogP contribution in [0.15, 0.2) is 30.3 Å². The van der Waals surface area contributed by atoms with Gasteiger partial charge in [0, 0.05) is 0 Å². The molecule has 0 aliphatic rings. The molecule has 0 heterocycles. The van der Waals surface area contributed by atoms with E-state index in [1.54, 1.807) is 0 Å². The molecular formula is C7H7Cl4CrMg. The van der Waals surface area contributed by atoms with Gasteiger partial charge in [-0.1, -0.05) is 0 Å². The minimum absolute atomic E-state index is 0. The van der Waals surface area contributed by atoms with Crippen molar-refractivity contribution < 1.29 is 67.0 Å². The van der Waals surface area contributed by atoms with Gasteiger partial charge in [-0.2, -0.15) is 0 Å². The van der Waals surface area contributed by atoms with Crippen LogP contribution in [0.4, 0.5) is 0 Å². The first kappa shape index (κ1) is 29.3. The summed E-state index contributed by atoms with van der Waals surface area (Å²) in [6.45, 7) is 0. The molecule has 13 heavy (non-hydrogen) atoms. The van der Waals surface area contributed by atoms with E-state index in [0.717, 1.165) is 0 Å². The summed E-state index contributed by atoms with van der Waals surface area (Å²) in [6.07, 6.45) is 0. The summed E-state index contributed by atoms with van der Waals surface area (Å²) in [4.78, 5) is 0. The number of hydrogen-bond acceptors (Lipinski definition) is 0. The maximum absolute atomic E-state index is 2.15. The van der Waals surface area contributed by atoms with Gasteiger partial charge in [-0.15, -0.1) is 0 Å². The van der Waals surface area contributed by atoms with Gasteiger partial charge in [0.2, 0.25) is 0 Å². The summed E-state index contributed by atoms with van der Waals surface area (Å²) < 4.78 is 1.17. The Morgan fingerprint density at radius 3 is 1.46 bits per heavy atom. The van der Waals surface area contributed by atoms with Crippen LogP contribution < -0.4 is 49.6 Å². The van der Waals surface area contributed by atoms with E-state index in [1.807, 2.05) is 27.8 Å². The zero-order valence-corrected chi connectivity index (χ0v) is 12.4. The molecule has 0 aromatic heterocycles. The van der Waals surface area contributed by atoms with E-state index in [2.05, 4.69) is 24.3 Å². The number of rotatable bonds is 1. The summed E-state index contributed by atoms with van der Waals surface area (Å²) in [6, 6.07) is 10.5. The average molecular weight is 309 g/mol. The Hall–Kier alpha value is 1.68. The van der Waals surface area contributed by atoms with Gasteiger partial charge < -0.3 is 49.6 Å². The monoisotopic (exact) mass is 307 g/mol. The van der Waals surface area contributed by atoms with Crippen molar-refractivity contribution in [3.63, 3.8) is 0 Å². The van der Waals surface area contributed by atoms with Crippen LogP contribution in [0.5, 0.6) is 0 Å². The molecule has 0 atom stereocenters. The number of halogens is 4. The van der Waals surface area contributed by atoms with Gasteiger partial charge in [0.05, 0.1) is 0 Å². The van der Waals surface area contributed by atoms with E-state index in [9.17, 15) is 0 Å². The Morgan fingerprint density at radius 2 is 1.23 bits per heavy atom. The maximum atomic E-state index is 2.15. The van der Waals surface area contributed by atoms with Crippen LogP contribution in [0, 0.1) is 0 Å². The van der Waals surface area contributed by atoms with Gasteiger partial charge in [0.25, 0.3) is 0 Å². The van der Waals surface area contributed by atoms with Crippen LogP contribution in [0.25, 0.3) is 0 Å². The SMILES string of the molecule is [Cl-].[Cl-].[Cl-].[Cl-].[Cr+3].[Mg+][CH2]c1ccccc1. The molecule has 0 nitrogen and oxygen atoms in total. The Balaban J connectivity index is -0.0000000427. The van der Waals surface area contributed by atoms with Gasteiger partial charge in [-0.3, -0.25) is 0 Å². The number of hydrogen-bond donors (Lipinski definition) is 0. The normalized spacial score (nSPS) is 5.69. The quantitative estimate of drug-likeness (QED) is 0.452. The van der Waals surface area contributed by atoms with Crippen molar-refractivity contribution in [3.05, 3.63) is 35.9 Å². The summed E-state index contributed by atoms with van der Waals surface area (Å²) >= 11 is 1.98. The molecule has 0 N–H and O–H groups in total. The molecule has 0 aliphatic carbocycles. The molecule has 1 aromatic rings. The van der Waals surface area contributed by atoms with Crippen molar-refractivity contribution in [2.45, 2.75) is 4.55 Å². The Morgan fingerprint density at radius 1 is 0.846 bits per heavy atom. The van der Waals surface area contributed by atoms with Crippen LogP contribution in [0.2, 0.25) is 0 Å². The van der Waals surface area contributed by atoms with Crippen molar-refractivity contribution >= 4 is 21.7 Å². The van der Waals surface area contributed by atoms with E-state index >= 15 is 0 Å². The summed E-state index contributed by atoms with van der Waals surface area (Å²) in [7, 11) is 0. The third-order valence-corrected chi connectivity index (χ3v) is 1.71. The fraction of sp³-hybridized carbons (Fsp3) is 0.143. The van der Waals surface area contributed by atoms with Gasteiger partial charge in [0.1, 0.15) is 0 Å². The van der Waals surface area contributed by atoms with E-state index in [4.69, 9.17) is 0 Å². The molecule has 1 rings (SSSR count). The molecule has 0 spiro atoms. The third kappa shape index (κ3) is 13.7. The van der Waals surface area contributed by atoms with E-state index in [1.165, 1.54) is 10.1 Å². The van der Waals surface area contributed by atoms with E-state index in [-0.39, 0.29) is 67.0 Å². The van der Waals surface area contributed by atoms with Gasteiger partial charge in [0.15, 0.2) is 0 Å². The Bertz CT molecular complexity index is 162. The molecule has 0 unspecified atom stereocenters. The molecule has 0 bridgehead atoms. The predicted octanol–water partition coefficient (Wildman–Crippen LogP) is -10.6. The molecule has 1 radical (unpaired) electrons. The van der Waals surface area contributed by atoms with E-state index < -0.39 is 0 Å². The fourth-order valence-corrected chi connectivity index (χ4v) is 0.978. The molecule has 0 aliphatic heterocycles. The molecule has 0 fully saturated rings. The molecular weight excluding hydrogens is 302 g/mol. The second kappa shape index (κ2) is 19.3. The fourth-order valence-electron chi connectivity index (χ4n) is 0.645. The van der Waals surface area contributed by atoms with Crippen LogP contribution >= 0.6 is 0 Å². The second-order valence-corrected chi connectivity index (χ2v) is 2.24. The molecule has 0 amide bonds. The molecule has 0 saturated carbocycles. The van der Waals surface area contributed by atoms with Crippen molar-refractivity contribution in [2.24, 2.45) is 0 Å². The molecule has 71 valence electrons. The standard InChI is InChI=1S/C7H7.4ClH.Cr.Mg/c1-7-5-3-2-4-6-7;;;;;;/h2-6H,1H2;4*1H;;/q;;;;;+3;+1/p-4. The molecule has 1 aromatic carbocycles. The second-order valence-electron chi connectivity index (χ2n) is 1.74. The number of benzene rings is 1. The minimum atomic E-state index is 0. The Labute approximate surface area is 128 Å². The van der Waals surface area contributed by atoms with Crippen molar-refractivity contribution in [1.82, 2.24) is 0 Å². The van der Waals surface area contributed by atoms with Crippen LogP contribution in [-0.2, 0) is 21.9 Å². The van der Waals surface area contributed by atoms with Crippen molar-refractivity contribution in [3.8, 4) is 0 Å². The van der Waals surface area contributed by atoms with Gasteiger partial charge in [-0.05, 0) is 0 Å². The first-order valence-corrected chi connectivity index (χ1v) is 3.76.